The molecule has 3 aromatic rings. The molecule has 1 heterocycles. The third-order valence-electron chi connectivity index (χ3n) is 5.20. The molecule has 156 valence electrons. The van der Waals surface area contributed by atoms with Crippen molar-refractivity contribution >= 4 is 44.8 Å². The Labute approximate surface area is 189 Å². The van der Waals surface area contributed by atoms with Gasteiger partial charge in [0.15, 0.2) is 0 Å². The molecule has 0 atom stereocenters. The zero-order valence-corrected chi connectivity index (χ0v) is 18.7. The molecule has 31 heavy (non-hydrogen) atoms. The maximum absolute atomic E-state index is 13.0. The number of carbonyl (C=O) groups is 2. The molecule has 1 aliphatic heterocycles. The van der Waals surface area contributed by atoms with Crippen molar-refractivity contribution in [1.29, 1.82) is 0 Å². The van der Waals surface area contributed by atoms with Crippen LogP contribution in [0.25, 0.3) is 0 Å². The van der Waals surface area contributed by atoms with E-state index in [-0.39, 0.29) is 24.9 Å². The van der Waals surface area contributed by atoms with Gasteiger partial charge in [-0.3, -0.25) is 14.6 Å². The average Bonchev–Trinajstić information content (AvgIpc) is 2.91. The number of rotatable bonds is 5. The molecule has 0 radical (unpaired) electrons. The van der Waals surface area contributed by atoms with E-state index in [2.05, 4.69) is 26.2 Å². The Morgan fingerprint density at radius 3 is 2.58 bits per heavy atom. The van der Waals surface area contributed by atoms with Gasteiger partial charge in [-0.1, -0.05) is 71.4 Å². The van der Waals surface area contributed by atoms with Crippen LogP contribution in [-0.4, -0.2) is 30.6 Å². The number of para-hydroxylation sites is 1. The fourth-order valence-corrected chi connectivity index (χ4v) is 4.05. The van der Waals surface area contributed by atoms with Crippen LogP contribution < -0.4 is 10.2 Å². The highest BCUT2D eigenvalue weighted by Crippen LogP contribution is 2.30. The molecule has 0 fully saturated rings. The third-order valence-corrected chi connectivity index (χ3v) is 5.69. The van der Waals surface area contributed by atoms with Crippen molar-refractivity contribution < 1.29 is 9.59 Å². The Hall–Kier alpha value is -3.25. The number of nitrogens with one attached hydrogen (secondary N) is 1. The van der Waals surface area contributed by atoms with E-state index in [9.17, 15) is 9.59 Å². The molecule has 3 aromatic carbocycles. The van der Waals surface area contributed by atoms with E-state index in [1.165, 1.54) is 4.90 Å². The number of nitrogens with zero attached hydrogens (tertiary/aromatic N) is 2. The number of anilines is 2. The zero-order chi connectivity index (χ0) is 21.8. The predicted octanol–water partition coefficient (Wildman–Crippen LogP) is 4.83. The third kappa shape index (κ3) is 4.59. The summed E-state index contributed by atoms with van der Waals surface area (Å²) in [5.41, 5.74) is 4.98. The average molecular weight is 476 g/mol. The fraction of sp³-hybridized carbons (Fsp3) is 0.160. The summed E-state index contributed by atoms with van der Waals surface area (Å²) >= 11 is 3.52. The molecular weight excluding hydrogens is 454 g/mol. The molecule has 0 bridgehead atoms. The van der Waals surface area contributed by atoms with E-state index >= 15 is 0 Å². The van der Waals surface area contributed by atoms with E-state index < -0.39 is 0 Å². The summed E-state index contributed by atoms with van der Waals surface area (Å²) in [6, 6.07) is 23.1. The van der Waals surface area contributed by atoms with E-state index in [0.717, 1.165) is 39.0 Å². The highest BCUT2D eigenvalue weighted by molar-refractivity contribution is 9.10. The molecule has 1 aliphatic rings. The van der Waals surface area contributed by atoms with E-state index in [4.69, 9.17) is 0 Å². The highest BCUT2D eigenvalue weighted by atomic mass is 79.9. The Bertz CT molecular complexity index is 1160. The summed E-state index contributed by atoms with van der Waals surface area (Å²) in [5.74, 6) is -0.459. The Morgan fingerprint density at radius 2 is 1.81 bits per heavy atom. The second-order valence-electron chi connectivity index (χ2n) is 7.23. The van der Waals surface area contributed by atoms with Gasteiger partial charge in [0.05, 0.1) is 11.4 Å². The molecule has 0 unspecified atom stereocenters. The number of benzodiazepines with no additional fused rings is 1. The molecule has 5 nitrogen and oxygen atoms in total. The first-order valence-electron chi connectivity index (χ1n) is 10.1. The monoisotopic (exact) mass is 475 g/mol. The van der Waals surface area contributed by atoms with E-state index in [1.54, 1.807) is 0 Å². The molecule has 0 aromatic heterocycles. The molecule has 0 saturated heterocycles. The molecule has 0 aliphatic carbocycles. The number of aliphatic imine (C=N–C) groups is 1. The van der Waals surface area contributed by atoms with Crippen LogP contribution in [-0.2, 0) is 16.0 Å². The lowest BCUT2D eigenvalue weighted by Gasteiger charge is -2.23. The van der Waals surface area contributed by atoms with Gasteiger partial charge in [0.1, 0.15) is 13.1 Å². The van der Waals surface area contributed by atoms with Gasteiger partial charge in [0.2, 0.25) is 11.8 Å². The van der Waals surface area contributed by atoms with Crippen LogP contribution in [0.15, 0.2) is 82.3 Å². The minimum absolute atomic E-state index is 0.0185. The van der Waals surface area contributed by atoms with Gasteiger partial charge >= 0.3 is 0 Å². The van der Waals surface area contributed by atoms with E-state index in [0.29, 0.717) is 5.69 Å². The lowest BCUT2D eigenvalue weighted by atomic mass is 10.0. The molecule has 0 saturated carbocycles. The number of carbonyl (C=O) groups excluding carboxylic acids is 2. The second kappa shape index (κ2) is 9.27. The summed E-state index contributed by atoms with van der Waals surface area (Å²) in [6.45, 7) is 1.94. The molecule has 1 N–H and O–H groups in total. The van der Waals surface area contributed by atoms with Crippen molar-refractivity contribution in [2.45, 2.75) is 13.3 Å². The predicted molar refractivity (Wildman–Crippen MR) is 128 cm³/mol. The first-order valence-corrected chi connectivity index (χ1v) is 10.9. The zero-order valence-electron chi connectivity index (χ0n) is 17.1. The van der Waals surface area contributed by atoms with Gasteiger partial charge in [-0.25, -0.2) is 0 Å². The molecule has 2 amide bonds. The highest BCUT2D eigenvalue weighted by Gasteiger charge is 2.27. The van der Waals surface area contributed by atoms with Crippen LogP contribution in [0, 0.1) is 0 Å². The molecule has 0 spiro atoms. The lowest BCUT2D eigenvalue weighted by molar-refractivity contribution is -0.120. The number of aryl methyl sites for hydroxylation is 1. The first kappa shape index (κ1) is 21.0. The largest absolute Gasteiger partial charge is 0.324 e. The maximum atomic E-state index is 13.0. The molecule has 6 heteroatoms. The number of halogens is 1. The van der Waals surface area contributed by atoms with Crippen molar-refractivity contribution in [3.8, 4) is 0 Å². The topological polar surface area (TPSA) is 61.8 Å². The Morgan fingerprint density at radius 1 is 1.06 bits per heavy atom. The first-order chi connectivity index (χ1) is 15.1. The van der Waals surface area contributed by atoms with Gasteiger partial charge in [-0.15, -0.1) is 0 Å². The summed E-state index contributed by atoms with van der Waals surface area (Å²) in [6.07, 6.45) is 0.810. The van der Waals surface area contributed by atoms with Crippen LogP contribution in [0.3, 0.4) is 0 Å². The van der Waals surface area contributed by atoms with Crippen molar-refractivity contribution in [2.24, 2.45) is 4.99 Å². The van der Waals surface area contributed by atoms with Crippen LogP contribution in [0.1, 0.15) is 23.6 Å². The van der Waals surface area contributed by atoms with Crippen LogP contribution >= 0.6 is 15.9 Å². The van der Waals surface area contributed by atoms with Gasteiger partial charge in [0, 0.05) is 21.3 Å². The summed E-state index contributed by atoms with van der Waals surface area (Å²) < 4.78 is 0.880. The SMILES string of the molecule is CCc1ccccc1NC(=O)CN1C(=O)CN=C(c2ccccc2)c2cc(Br)ccc21. The number of hydrogen-bond donors (Lipinski definition) is 1. The lowest BCUT2D eigenvalue weighted by Crippen LogP contribution is -2.39. The minimum atomic E-state index is -0.244. The van der Waals surface area contributed by atoms with Gasteiger partial charge in [-0.05, 0) is 36.2 Å². The number of benzene rings is 3. The summed E-state index contributed by atoms with van der Waals surface area (Å²) in [5, 5.41) is 2.96. The number of hydrogen-bond acceptors (Lipinski definition) is 3. The maximum Gasteiger partial charge on any atom is 0.249 e. The summed E-state index contributed by atoms with van der Waals surface area (Å²) in [4.78, 5) is 32.0. The Balaban J connectivity index is 1.67. The second-order valence-corrected chi connectivity index (χ2v) is 8.15. The van der Waals surface area contributed by atoms with Crippen molar-refractivity contribution in [2.75, 3.05) is 23.3 Å². The van der Waals surface area contributed by atoms with Crippen LogP contribution in [0.5, 0.6) is 0 Å². The van der Waals surface area contributed by atoms with Crippen molar-refractivity contribution in [3.63, 3.8) is 0 Å². The van der Waals surface area contributed by atoms with Crippen LogP contribution in [0.4, 0.5) is 11.4 Å². The number of amides is 2. The van der Waals surface area contributed by atoms with E-state index in [1.807, 2.05) is 79.7 Å². The smallest absolute Gasteiger partial charge is 0.249 e. The summed E-state index contributed by atoms with van der Waals surface area (Å²) in [7, 11) is 0. The van der Waals surface area contributed by atoms with Gasteiger partial charge in [0.25, 0.3) is 0 Å². The molecular formula is C25H22BrN3O2. The van der Waals surface area contributed by atoms with Crippen molar-refractivity contribution in [3.05, 3.63) is 94.0 Å². The van der Waals surface area contributed by atoms with Gasteiger partial charge < -0.3 is 10.2 Å². The van der Waals surface area contributed by atoms with Gasteiger partial charge in [-0.2, -0.15) is 0 Å². The molecule has 4 rings (SSSR count). The fourth-order valence-electron chi connectivity index (χ4n) is 3.68. The Kier molecular flexibility index (Phi) is 6.28. The normalized spacial score (nSPS) is 13.3. The van der Waals surface area contributed by atoms with Crippen LogP contribution in [0.2, 0.25) is 0 Å². The quantitative estimate of drug-likeness (QED) is 0.573. The van der Waals surface area contributed by atoms with Crippen molar-refractivity contribution in [1.82, 2.24) is 0 Å². The standard InChI is InChI=1S/C25H22BrN3O2/c1-2-17-8-6-7-11-21(17)28-23(30)16-29-22-13-12-19(26)14-20(22)25(27-15-24(29)31)18-9-4-3-5-10-18/h3-14H,2,15-16H2,1H3,(H,28,30). The number of fused-ring (bicyclic) bond motifs is 1. The minimum Gasteiger partial charge on any atom is -0.324 e.